The highest BCUT2D eigenvalue weighted by molar-refractivity contribution is 6.33. The van der Waals surface area contributed by atoms with Crippen LogP contribution in [0.1, 0.15) is 12.5 Å². The van der Waals surface area contributed by atoms with Gasteiger partial charge in [0.1, 0.15) is 0 Å². The second kappa shape index (κ2) is 6.74. The summed E-state index contributed by atoms with van der Waals surface area (Å²) in [7, 11) is 0. The summed E-state index contributed by atoms with van der Waals surface area (Å²) in [5.41, 5.74) is 0.887. The number of hydrogen-bond acceptors (Lipinski definition) is 2. The van der Waals surface area contributed by atoms with Gasteiger partial charge in [0.15, 0.2) is 0 Å². The molecule has 1 aromatic carbocycles. The molecule has 0 heterocycles. The largest absolute Gasteiger partial charge is 0.355 e. The van der Waals surface area contributed by atoms with Crippen LogP contribution < -0.4 is 10.6 Å². The van der Waals surface area contributed by atoms with Gasteiger partial charge in [-0.05, 0) is 30.7 Å². The van der Waals surface area contributed by atoms with Crippen LogP contribution in [0.5, 0.6) is 0 Å². The smallest absolute Gasteiger partial charge is 0.233 e. The monoisotopic (exact) mass is 260 g/mol. The van der Waals surface area contributed by atoms with Crippen molar-refractivity contribution in [2.75, 3.05) is 13.1 Å². The fraction of sp³-hybridized carbons (Fsp3) is 0.364. The lowest BCUT2D eigenvalue weighted by Gasteiger charge is -2.07. The average Bonchev–Trinajstić information content (AvgIpc) is 2.23. The van der Waals surface area contributed by atoms with E-state index in [0.29, 0.717) is 23.1 Å². The number of nitrogens with one attached hydrogen (secondary N) is 2. The van der Waals surface area contributed by atoms with Gasteiger partial charge in [0, 0.05) is 23.1 Å². The quantitative estimate of drug-likeness (QED) is 0.853. The van der Waals surface area contributed by atoms with Crippen LogP contribution in [0.25, 0.3) is 0 Å². The van der Waals surface area contributed by atoms with Crippen LogP contribution in [-0.4, -0.2) is 19.0 Å². The lowest BCUT2D eigenvalue weighted by molar-refractivity contribution is -0.120. The Bertz CT molecular complexity index is 369. The molecular weight excluding hydrogens is 247 g/mol. The third-order valence-corrected chi connectivity index (χ3v) is 2.59. The van der Waals surface area contributed by atoms with Gasteiger partial charge in [-0.15, -0.1) is 0 Å². The molecule has 1 amide bonds. The zero-order valence-electron chi connectivity index (χ0n) is 9.02. The minimum atomic E-state index is -0.0272. The maximum atomic E-state index is 11.2. The van der Waals surface area contributed by atoms with Crippen molar-refractivity contribution in [3.63, 3.8) is 0 Å². The van der Waals surface area contributed by atoms with E-state index < -0.39 is 0 Å². The summed E-state index contributed by atoms with van der Waals surface area (Å²) in [6.07, 6.45) is 0. The average molecular weight is 261 g/mol. The Balaban J connectivity index is 2.42. The highest BCUT2D eigenvalue weighted by atomic mass is 35.5. The van der Waals surface area contributed by atoms with Gasteiger partial charge in [-0.3, -0.25) is 4.79 Å². The highest BCUT2D eigenvalue weighted by Crippen LogP contribution is 2.20. The minimum absolute atomic E-state index is 0.0272. The molecule has 16 heavy (non-hydrogen) atoms. The molecule has 0 unspecified atom stereocenters. The van der Waals surface area contributed by atoms with E-state index in [1.54, 1.807) is 18.2 Å². The lowest BCUT2D eigenvalue weighted by atomic mass is 10.2. The molecule has 0 bridgehead atoms. The van der Waals surface area contributed by atoms with Gasteiger partial charge in [-0.25, -0.2) is 0 Å². The lowest BCUT2D eigenvalue weighted by Crippen LogP contribution is -2.33. The molecule has 2 N–H and O–H groups in total. The van der Waals surface area contributed by atoms with Gasteiger partial charge in [0.05, 0.1) is 6.54 Å². The molecule has 0 aliphatic rings. The van der Waals surface area contributed by atoms with E-state index in [2.05, 4.69) is 10.6 Å². The van der Waals surface area contributed by atoms with Gasteiger partial charge in [-0.2, -0.15) is 0 Å². The molecule has 3 nitrogen and oxygen atoms in total. The second-order valence-corrected chi connectivity index (χ2v) is 4.14. The zero-order chi connectivity index (χ0) is 12.0. The van der Waals surface area contributed by atoms with Crippen LogP contribution in [0, 0.1) is 0 Å². The molecule has 1 aromatic rings. The van der Waals surface area contributed by atoms with Gasteiger partial charge >= 0.3 is 0 Å². The van der Waals surface area contributed by atoms with E-state index in [1.165, 1.54) is 0 Å². The number of carbonyl (C=O) groups excluding carboxylic acids is 1. The summed E-state index contributed by atoms with van der Waals surface area (Å²) < 4.78 is 0. The molecule has 0 fully saturated rings. The fourth-order valence-electron chi connectivity index (χ4n) is 1.25. The van der Waals surface area contributed by atoms with Crippen LogP contribution in [0.15, 0.2) is 18.2 Å². The number of likely N-dealkylation sites (N-methyl/N-ethyl adjacent to an activating group) is 1. The molecular formula is C11H14Cl2N2O. The summed E-state index contributed by atoms with van der Waals surface area (Å²) in [4.78, 5) is 11.2. The van der Waals surface area contributed by atoms with Crippen molar-refractivity contribution in [3.05, 3.63) is 33.8 Å². The molecule has 0 aromatic heterocycles. The SMILES string of the molecule is CCNC(=O)CNCc1cc(Cl)ccc1Cl. The molecule has 0 spiro atoms. The highest BCUT2D eigenvalue weighted by Gasteiger charge is 2.02. The summed E-state index contributed by atoms with van der Waals surface area (Å²) in [5, 5.41) is 6.98. The summed E-state index contributed by atoms with van der Waals surface area (Å²) >= 11 is 11.8. The van der Waals surface area contributed by atoms with Crippen LogP contribution in [0.4, 0.5) is 0 Å². The molecule has 5 heteroatoms. The van der Waals surface area contributed by atoms with Gasteiger partial charge in [0.25, 0.3) is 0 Å². The normalized spacial score (nSPS) is 10.2. The van der Waals surface area contributed by atoms with Crippen LogP contribution in [0.3, 0.4) is 0 Å². The maximum Gasteiger partial charge on any atom is 0.233 e. The Labute approximate surface area is 105 Å². The third kappa shape index (κ3) is 4.39. The summed E-state index contributed by atoms with van der Waals surface area (Å²) in [6.45, 7) is 3.32. The molecule has 0 saturated heterocycles. The van der Waals surface area contributed by atoms with Crippen molar-refractivity contribution in [1.82, 2.24) is 10.6 Å². The number of amides is 1. The molecule has 0 aliphatic heterocycles. The summed E-state index contributed by atoms with van der Waals surface area (Å²) in [5.74, 6) is -0.0272. The topological polar surface area (TPSA) is 41.1 Å². The van der Waals surface area contributed by atoms with Crippen molar-refractivity contribution >= 4 is 29.1 Å². The first-order chi connectivity index (χ1) is 7.63. The maximum absolute atomic E-state index is 11.2. The van der Waals surface area contributed by atoms with Crippen LogP contribution in [-0.2, 0) is 11.3 Å². The minimum Gasteiger partial charge on any atom is -0.355 e. The van der Waals surface area contributed by atoms with E-state index in [1.807, 2.05) is 6.92 Å². The number of benzene rings is 1. The number of hydrogen-bond donors (Lipinski definition) is 2. The molecule has 0 aliphatic carbocycles. The summed E-state index contributed by atoms with van der Waals surface area (Å²) in [6, 6.07) is 5.26. The van der Waals surface area contributed by atoms with Gasteiger partial charge in [-0.1, -0.05) is 23.2 Å². The van der Waals surface area contributed by atoms with E-state index >= 15 is 0 Å². The predicted molar refractivity (Wildman–Crippen MR) is 66.9 cm³/mol. The first-order valence-electron chi connectivity index (χ1n) is 5.04. The van der Waals surface area contributed by atoms with Crippen molar-refractivity contribution in [3.8, 4) is 0 Å². The standard InChI is InChI=1S/C11H14Cl2N2O/c1-2-15-11(16)7-14-6-8-5-9(12)3-4-10(8)13/h3-5,14H,2,6-7H2,1H3,(H,15,16). The molecule has 88 valence electrons. The Morgan fingerprint density at radius 3 is 2.81 bits per heavy atom. The van der Waals surface area contributed by atoms with Crippen LogP contribution in [0.2, 0.25) is 10.0 Å². The number of carbonyl (C=O) groups is 1. The van der Waals surface area contributed by atoms with E-state index in [0.717, 1.165) is 5.56 Å². The molecule has 0 saturated carbocycles. The molecule has 0 radical (unpaired) electrons. The molecule has 1 rings (SSSR count). The first-order valence-corrected chi connectivity index (χ1v) is 5.80. The van der Waals surface area contributed by atoms with Crippen molar-refractivity contribution in [1.29, 1.82) is 0 Å². The Hall–Kier alpha value is -0.770. The van der Waals surface area contributed by atoms with Crippen LogP contribution >= 0.6 is 23.2 Å². The van der Waals surface area contributed by atoms with Crippen molar-refractivity contribution in [2.24, 2.45) is 0 Å². The number of halogens is 2. The van der Waals surface area contributed by atoms with E-state index in [4.69, 9.17) is 23.2 Å². The predicted octanol–water partition coefficient (Wildman–Crippen LogP) is 2.22. The Kier molecular flexibility index (Phi) is 5.60. The van der Waals surface area contributed by atoms with E-state index in [-0.39, 0.29) is 12.5 Å². The van der Waals surface area contributed by atoms with Gasteiger partial charge in [0.2, 0.25) is 5.91 Å². The Morgan fingerprint density at radius 1 is 1.38 bits per heavy atom. The van der Waals surface area contributed by atoms with Crippen molar-refractivity contribution < 1.29 is 4.79 Å². The molecule has 0 atom stereocenters. The number of rotatable bonds is 5. The van der Waals surface area contributed by atoms with Gasteiger partial charge < -0.3 is 10.6 Å². The second-order valence-electron chi connectivity index (χ2n) is 3.29. The van der Waals surface area contributed by atoms with E-state index in [9.17, 15) is 4.79 Å². The Morgan fingerprint density at radius 2 is 2.12 bits per heavy atom. The third-order valence-electron chi connectivity index (χ3n) is 1.98. The fourth-order valence-corrected chi connectivity index (χ4v) is 1.63. The first kappa shape index (κ1) is 13.3. The van der Waals surface area contributed by atoms with Crippen molar-refractivity contribution in [2.45, 2.75) is 13.5 Å². The zero-order valence-corrected chi connectivity index (χ0v) is 10.5.